The van der Waals surface area contributed by atoms with E-state index in [1.807, 2.05) is 29.3 Å². The maximum absolute atomic E-state index is 12.7. The van der Waals surface area contributed by atoms with Crippen LogP contribution in [0.4, 0.5) is 16.3 Å². The van der Waals surface area contributed by atoms with Crippen LogP contribution < -0.4 is 10.2 Å². The first-order valence-corrected chi connectivity index (χ1v) is 9.80. The Morgan fingerprint density at radius 3 is 2.64 bits per heavy atom. The third-order valence-electron chi connectivity index (χ3n) is 5.08. The molecule has 1 saturated heterocycles. The number of hydrogen-bond donors (Lipinski definition) is 1. The average Bonchev–Trinajstić information content (AvgIpc) is 2.81. The molecule has 130 valence electrons. The molecule has 0 aliphatic carbocycles. The van der Waals surface area contributed by atoms with E-state index >= 15 is 0 Å². The molecule has 0 bridgehead atoms. The van der Waals surface area contributed by atoms with Gasteiger partial charge in [0.25, 0.3) is 0 Å². The lowest BCUT2D eigenvalue weighted by Crippen LogP contribution is -2.49. The molecule has 2 aromatic rings. The minimum absolute atomic E-state index is 0.0378. The monoisotopic (exact) mass is 448 g/mol. The van der Waals surface area contributed by atoms with Crippen molar-refractivity contribution in [1.29, 1.82) is 0 Å². The number of nitrogens with zero attached hydrogens (tertiary/aromatic N) is 3. The highest BCUT2D eigenvalue weighted by atomic mass is 127. The van der Waals surface area contributed by atoms with E-state index in [2.05, 4.69) is 56.0 Å². The summed E-state index contributed by atoms with van der Waals surface area (Å²) in [5.41, 5.74) is 2.18. The molecule has 0 radical (unpaired) electrons. The standard InChI is InChI=1S/C19H21IN4O/c20-15-5-6-18(21-13-15)23-10-8-16(9-11-23)24-12-7-14-3-1-2-4-17(14)22-19(24)25/h1-6,13,16H,7-12H2,(H,22,25). The summed E-state index contributed by atoms with van der Waals surface area (Å²) in [7, 11) is 0. The molecule has 2 aliphatic rings. The van der Waals surface area contributed by atoms with Crippen LogP contribution in [0.25, 0.3) is 0 Å². The summed E-state index contributed by atoms with van der Waals surface area (Å²) in [6.07, 6.45) is 4.78. The molecule has 2 aliphatic heterocycles. The van der Waals surface area contributed by atoms with Crippen molar-refractivity contribution in [1.82, 2.24) is 9.88 Å². The molecule has 6 heteroatoms. The average molecular weight is 448 g/mol. The molecule has 4 rings (SSSR count). The van der Waals surface area contributed by atoms with Crippen LogP contribution in [0.15, 0.2) is 42.6 Å². The molecular weight excluding hydrogens is 427 g/mol. The largest absolute Gasteiger partial charge is 0.356 e. The third-order valence-corrected chi connectivity index (χ3v) is 5.72. The van der Waals surface area contributed by atoms with Gasteiger partial charge in [-0.1, -0.05) is 18.2 Å². The quantitative estimate of drug-likeness (QED) is 0.713. The van der Waals surface area contributed by atoms with Crippen LogP contribution in [0.1, 0.15) is 18.4 Å². The van der Waals surface area contributed by atoms with Gasteiger partial charge in [0.1, 0.15) is 5.82 Å². The van der Waals surface area contributed by atoms with Crippen LogP contribution in [0.3, 0.4) is 0 Å². The number of anilines is 2. The van der Waals surface area contributed by atoms with E-state index in [1.54, 1.807) is 0 Å². The van der Waals surface area contributed by atoms with Crippen LogP contribution >= 0.6 is 22.6 Å². The zero-order valence-electron chi connectivity index (χ0n) is 14.0. The van der Waals surface area contributed by atoms with Gasteiger partial charge in [-0.3, -0.25) is 0 Å². The molecule has 0 spiro atoms. The van der Waals surface area contributed by atoms with Crippen molar-refractivity contribution in [3.63, 3.8) is 0 Å². The van der Waals surface area contributed by atoms with Gasteiger partial charge in [0.2, 0.25) is 0 Å². The molecule has 0 saturated carbocycles. The smallest absolute Gasteiger partial charge is 0.322 e. The molecule has 0 unspecified atom stereocenters. The minimum Gasteiger partial charge on any atom is -0.356 e. The second-order valence-corrected chi connectivity index (χ2v) is 7.83. The van der Waals surface area contributed by atoms with E-state index in [1.165, 1.54) is 5.56 Å². The second kappa shape index (κ2) is 7.19. The number of piperidine rings is 1. The van der Waals surface area contributed by atoms with Crippen molar-refractivity contribution in [2.24, 2.45) is 0 Å². The molecule has 5 nitrogen and oxygen atoms in total. The molecule has 25 heavy (non-hydrogen) atoms. The van der Waals surface area contributed by atoms with Gasteiger partial charge in [-0.25, -0.2) is 9.78 Å². The lowest BCUT2D eigenvalue weighted by molar-refractivity contribution is 0.177. The highest BCUT2D eigenvalue weighted by Crippen LogP contribution is 2.26. The topological polar surface area (TPSA) is 48.5 Å². The number of benzene rings is 1. The van der Waals surface area contributed by atoms with Gasteiger partial charge in [0, 0.05) is 41.1 Å². The van der Waals surface area contributed by atoms with E-state index < -0.39 is 0 Å². The number of hydrogen-bond acceptors (Lipinski definition) is 3. The highest BCUT2D eigenvalue weighted by molar-refractivity contribution is 14.1. The number of halogens is 1. The third kappa shape index (κ3) is 3.58. The number of nitrogens with one attached hydrogen (secondary N) is 1. The van der Waals surface area contributed by atoms with Gasteiger partial charge >= 0.3 is 6.03 Å². The Hall–Kier alpha value is -1.83. The number of pyridine rings is 1. The van der Waals surface area contributed by atoms with Gasteiger partial charge in [0.15, 0.2) is 0 Å². The Morgan fingerprint density at radius 1 is 1.08 bits per heavy atom. The Balaban J connectivity index is 1.41. The van der Waals surface area contributed by atoms with Crippen molar-refractivity contribution >= 4 is 40.1 Å². The van der Waals surface area contributed by atoms with Crippen LogP contribution in [0.2, 0.25) is 0 Å². The summed E-state index contributed by atoms with van der Waals surface area (Å²) >= 11 is 2.27. The van der Waals surface area contributed by atoms with E-state index in [-0.39, 0.29) is 6.03 Å². The number of rotatable bonds is 2. The van der Waals surface area contributed by atoms with Gasteiger partial charge < -0.3 is 15.1 Å². The second-order valence-electron chi connectivity index (χ2n) is 6.58. The maximum Gasteiger partial charge on any atom is 0.322 e. The first kappa shape index (κ1) is 16.6. The fraction of sp³-hybridized carbons (Fsp3) is 0.368. The normalized spacial score (nSPS) is 18.5. The molecule has 0 atom stereocenters. The van der Waals surface area contributed by atoms with Crippen molar-refractivity contribution in [2.75, 3.05) is 29.9 Å². The predicted octanol–water partition coefficient (Wildman–Crippen LogP) is 3.75. The van der Waals surface area contributed by atoms with Crippen molar-refractivity contribution < 1.29 is 4.79 Å². The predicted molar refractivity (Wildman–Crippen MR) is 108 cm³/mol. The number of urea groups is 1. The Labute approximate surface area is 161 Å². The van der Waals surface area contributed by atoms with Crippen LogP contribution in [0.5, 0.6) is 0 Å². The summed E-state index contributed by atoms with van der Waals surface area (Å²) in [6.45, 7) is 2.67. The number of amides is 2. The van der Waals surface area contributed by atoms with E-state index in [0.717, 1.165) is 54.0 Å². The lowest BCUT2D eigenvalue weighted by Gasteiger charge is -2.38. The molecule has 3 heterocycles. The minimum atomic E-state index is 0.0378. The van der Waals surface area contributed by atoms with E-state index in [4.69, 9.17) is 0 Å². The van der Waals surface area contributed by atoms with Gasteiger partial charge in [-0.05, 0) is 65.6 Å². The Kier molecular flexibility index (Phi) is 4.78. The summed E-state index contributed by atoms with van der Waals surface area (Å²) in [4.78, 5) is 21.5. The van der Waals surface area contributed by atoms with Crippen LogP contribution in [0, 0.1) is 3.57 Å². The number of para-hydroxylation sites is 1. The Morgan fingerprint density at radius 2 is 1.88 bits per heavy atom. The summed E-state index contributed by atoms with van der Waals surface area (Å²) in [5.74, 6) is 1.03. The first-order valence-electron chi connectivity index (χ1n) is 8.73. The molecule has 1 aromatic heterocycles. The molecule has 2 amide bonds. The number of carbonyl (C=O) groups is 1. The summed E-state index contributed by atoms with van der Waals surface area (Å²) in [5, 5.41) is 3.08. The number of carbonyl (C=O) groups excluding carboxylic acids is 1. The molecule has 1 N–H and O–H groups in total. The lowest BCUT2D eigenvalue weighted by atomic mass is 10.0. The van der Waals surface area contributed by atoms with Crippen LogP contribution in [-0.2, 0) is 6.42 Å². The summed E-state index contributed by atoms with van der Waals surface area (Å²) < 4.78 is 1.15. The molecular formula is C19H21IN4O. The molecule has 1 aromatic carbocycles. The maximum atomic E-state index is 12.7. The van der Waals surface area contributed by atoms with Crippen molar-refractivity contribution in [3.8, 4) is 0 Å². The fourth-order valence-electron chi connectivity index (χ4n) is 3.70. The zero-order valence-corrected chi connectivity index (χ0v) is 16.1. The highest BCUT2D eigenvalue weighted by Gasteiger charge is 2.30. The first-order chi connectivity index (χ1) is 12.2. The number of fused-ring (bicyclic) bond motifs is 1. The van der Waals surface area contributed by atoms with Crippen molar-refractivity contribution in [3.05, 3.63) is 51.7 Å². The van der Waals surface area contributed by atoms with Crippen LogP contribution in [-0.4, -0.2) is 41.6 Å². The van der Waals surface area contributed by atoms with E-state index in [0.29, 0.717) is 6.04 Å². The SMILES string of the molecule is O=C1Nc2ccccc2CCN1C1CCN(c2ccc(I)cn2)CC1. The zero-order chi connectivity index (χ0) is 17.2. The fourth-order valence-corrected chi connectivity index (χ4v) is 4.02. The van der Waals surface area contributed by atoms with Gasteiger partial charge in [0.05, 0.1) is 0 Å². The number of aromatic nitrogens is 1. The van der Waals surface area contributed by atoms with Gasteiger partial charge in [-0.15, -0.1) is 0 Å². The summed E-state index contributed by atoms with van der Waals surface area (Å²) in [6, 6.07) is 12.6. The molecule has 1 fully saturated rings. The Bertz CT molecular complexity index is 756. The van der Waals surface area contributed by atoms with Gasteiger partial charge in [-0.2, -0.15) is 0 Å². The van der Waals surface area contributed by atoms with Crippen molar-refractivity contribution in [2.45, 2.75) is 25.3 Å². The van der Waals surface area contributed by atoms with E-state index in [9.17, 15) is 4.79 Å².